The Hall–Kier alpha value is -1.03. The molecule has 0 bridgehead atoms. The summed E-state index contributed by atoms with van der Waals surface area (Å²) >= 11 is 3.39. The van der Waals surface area contributed by atoms with E-state index in [0.717, 1.165) is 27.8 Å². The molecule has 1 heterocycles. The molecule has 1 aromatic carbocycles. The Labute approximate surface area is 103 Å². The zero-order valence-electron chi connectivity index (χ0n) is 9.21. The van der Waals surface area contributed by atoms with Crippen LogP contribution in [-0.2, 0) is 17.6 Å². The van der Waals surface area contributed by atoms with E-state index >= 15 is 0 Å². The van der Waals surface area contributed by atoms with Crippen molar-refractivity contribution < 1.29 is 14.6 Å². The van der Waals surface area contributed by atoms with Crippen LogP contribution in [0.15, 0.2) is 16.6 Å². The zero-order chi connectivity index (χ0) is 11.9. The number of ether oxygens (including phenoxy) is 1. The van der Waals surface area contributed by atoms with Crippen molar-refractivity contribution in [2.45, 2.75) is 32.3 Å². The number of carboxylic acid groups (broad SMARTS) is 1. The minimum absolute atomic E-state index is 0.00213. The predicted molar refractivity (Wildman–Crippen MR) is 63.9 cm³/mol. The van der Waals surface area contributed by atoms with Crippen LogP contribution < -0.4 is 4.74 Å². The standard InChI is InChI=1S/C12H13BrO3/c1-12(2)6-8-4-9(13)3-7(5-10(14)15)11(8)16-12/h3-4H,5-6H2,1-2H3,(H,14,15). The van der Waals surface area contributed by atoms with E-state index in [9.17, 15) is 4.79 Å². The van der Waals surface area contributed by atoms with Crippen molar-refractivity contribution in [1.29, 1.82) is 0 Å². The van der Waals surface area contributed by atoms with Crippen LogP contribution in [0.25, 0.3) is 0 Å². The lowest BCUT2D eigenvalue weighted by atomic mass is 10.00. The van der Waals surface area contributed by atoms with Crippen molar-refractivity contribution in [3.8, 4) is 5.75 Å². The summed E-state index contributed by atoms with van der Waals surface area (Å²) in [5, 5.41) is 8.85. The van der Waals surface area contributed by atoms with Gasteiger partial charge < -0.3 is 9.84 Å². The van der Waals surface area contributed by atoms with Gasteiger partial charge in [-0.15, -0.1) is 0 Å². The fraction of sp³-hybridized carbons (Fsp3) is 0.417. The van der Waals surface area contributed by atoms with Crippen LogP contribution in [0.5, 0.6) is 5.75 Å². The van der Waals surface area contributed by atoms with Gasteiger partial charge >= 0.3 is 5.97 Å². The van der Waals surface area contributed by atoms with E-state index in [1.54, 1.807) is 0 Å². The number of aliphatic carboxylic acids is 1. The van der Waals surface area contributed by atoms with Crippen molar-refractivity contribution in [2.75, 3.05) is 0 Å². The third kappa shape index (κ3) is 2.21. The molecular weight excluding hydrogens is 272 g/mol. The summed E-state index contributed by atoms with van der Waals surface area (Å²) in [6, 6.07) is 3.81. The number of hydrogen-bond acceptors (Lipinski definition) is 2. The van der Waals surface area contributed by atoms with Crippen molar-refractivity contribution in [1.82, 2.24) is 0 Å². The molecule has 0 fully saturated rings. The number of hydrogen-bond donors (Lipinski definition) is 1. The Bertz CT molecular complexity index is 452. The van der Waals surface area contributed by atoms with Crippen LogP contribution in [0.3, 0.4) is 0 Å². The maximum Gasteiger partial charge on any atom is 0.307 e. The van der Waals surface area contributed by atoms with Crippen molar-refractivity contribution in [2.24, 2.45) is 0 Å². The van der Waals surface area contributed by atoms with Crippen LogP contribution in [0.2, 0.25) is 0 Å². The fourth-order valence-corrected chi connectivity index (χ4v) is 2.59. The molecule has 2 rings (SSSR count). The molecular formula is C12H13BrO3. The molecule has 3 nitrogen and oxygen atoms in total. The van der Waals surface area contributed by atoms with Crippen LogP contribution in [0.1, 0.15) is 25.0 Å². The van der Waals surface area contributed by atoms with Gasteiger partial charge in [0.25, 0.3) is 0 Å². The summed E-state index contributed by atoms with van der Waals surface area (Å²) in [4.78, 5) is 10.8. The van der Waals surface area contributed by atoms with Gasteiger partial charge in [-0.25, -0.2) is 0 Å². The SMILES string of the molecule is CC1(C)Cc2cc(Br)cc(CC(=O)O)c2O1. The first-order chi connectivity index (χ1) is 7.37. The number of carbonyl (C=O) groups is 1. The fourth-order valence-electron chi connectivity index (χ4n) is 2.04. The molecule has 0 aliphatic carbocycles. The van der Waals surface area contributed by atoms with Gasteiger partial charge in [-0.2, -0.15) is 0 Å². The third-order valence-corrected chi connectivity index (χ3v) is 3.00. The molecule has 0 saturated heterocycles. The van der Waals surface area contributed by atoms with E-state index in [2.05, 4.69) is 15.9 Å². The molecule has 1 N–H and O–H groups in total. The molecule has 0 amide bonds. The summed E-state index contributed by atoms with van der Waals surface area (Å²) in [6.45, 7) is 4.01. The molecule has 16 heavy (non-hydrogen) atoms. The van der Waals surface area contributed by atoms with E-state index in [1.165, 1.54) is 0 Å². The summed E-state index contributed by atoms with van der Waals surface area (Å²) in [5.41, 5.74) is 1.58. The predicted octanol–water partition coefficient (Wildman–Crippen LogP) is 2.79. The van der Waals surface area contributed by atoms with E-state index in [-0.39, 0.29) is 12.0 Å². The molecule has 1 aromatic rings. The zero-order valence-corrected chi connectivity index (χ0v) is 10.8. The van der Waals surface area contributed by atoms with Crippen LogP contribution >= 0.6 is 15.9 Å². The Morgan fingerprint density at radius 3 is 2.88 bits per heavy atom. The highest BCUT2D eigenvalue weighted by Gasteiger charge is 2.32. The van der Waals surface area contributed by atoms with Gasteiger partial charge in [0, 0.05) is 16.5 Å². The second-order valence-corrected chi connectivity index (χ2v) is 5.58. The first-order valence-electron chi connectivity index (χ1n) is 5.09. The van der Waals surface area contributed by atoms with Gasteiger partial charge in [-0.05, 0) is 31.5 Å². The van der Waals surface area contributed by atoms with E-state index in [4.69, 9.17) is 9.84 Å². The molecule has 0 atom stereocenters. The number of rotatable bonds is 2. The summed E-state index contributed by atoms with van der Waals surface area (Å²) in [7, 11) is 0. The molecule has 1 aliphatic rings. The third-order valence-electron chi connectivity index (χ3n) is 2.54. The van der Waals surface area contributed by atoms with Gasteiger partial charge in [0.15, 0.2) is 0 Å². The summed E-state index contributed by atoms with van der Waals surface area (Å²) < 4.78 is 6.70. The van der Waals surface area contributed by atoms with Crippen molar-refractivity contribution >= 4 is 21.9 Å². The van der Waals surface area contributed by atoms with Gasteiger partial charge in [0.1, 0.15) is 11.4 Å². The molecule has 0 radical (unpaired) electrons. The monoisotopic (exact) mass is 284 g/mol. The molecule has 0 saturated carbocycles. The van der Waals surface area contributed by atoms with Crippen molar-refractivity contribution in [3.63, 3.8) is 0 Å². The first-order valence-corrected chi connectivity index (χ1v) is 5.89. The maximum absolute atomic E-state index is 10.8. The highest BCUT2D eigenvalue weighted by Crippen LogP contribution is 2.39. The molecule has 0 spiro atoms. The molecule has 1 aliphatic heterocycles. The molecule has 86 valence electrons. The van der Waals surface area contributed by atoms with Gasteiger partial charge in [0.05, 0.1) is 6.42 Å². The maximum atomic E-state index is 10.8. The van der Waals surface area contributed by atoms with Crippen molar-refractivity contribution in [3.05, 3.63) is 27.7 Å². The second kappa shape index (κ2) is 3.77. The topological polar surface area (TPSA) is 46.5 Å². The quantitative estimate of drug-likeness (QED) is 0.908. The second-order valence-electron chi connectivity index (χ2n) is 4.66. The Morgan fingerprint density at radius 1 is 1.56 bits per heavy atom. The summed E-state index contributed by atoms with van der Waals surface area (Å²) in [5.74, 6) is -0.0933. The van der Waals surface area contributed by atoms with Crippen LogP contribution in [0, 0.1) is 0 Å². The molecule has 0 aromatic heterocycles. The average molecular weight is 285 g/mol. The highest BCUT2D eigenvalue weighted by atomic mass is 79.9. The van der Waals surface area contributed by atoms with Gasteiger partial charge in [-0.1, -0.05) is 15.9 Å². The smallest absolute Gasteiger partial charge is 0.307 e. The number of benzene rings is 1. The van der Waals surface area contributed by atoms with E-state index in [0.29, 0.717) is 0 Å². The highest BCUT2D eigenvalue weighted by molar-refractivity contribution is 9.10. The Kier molecular flexibility index (Phi) is 2.70. The Balaban J connectivity index is 2.45. The minimum Gasteiger partial charge on any atom is -0.487 e. The summed E-state index contributed by atoms with van der Waals surface area (Å²) in [6.07, 6.45) is 0.812. The molecule has 0 unspecified atom stereocenters. The lowest BCUT2D eigenvalue weighted by molar-refractivity contribution is -0.136. The van der Waals surface area contributed by atoms with Gasteiger partial charge in [-0.3, -0.25) is 4.79 Å². The molecule has 4 heteroatoms. The minimum atomic E-state index is -0.839. The first kappa shape index (κ1) is 11.5. The lowest BCUT2D eigenvalue weighted by Gasteiger charge is -2.18. The van der Waals surface area contributed by atoms with E-state index in [1.807, 2.05) is 26.0 Å². The number of fused-ring (bicyclic) bond motifs is 1. The number of halogens is 1. The normalized spacial score (nSPS) is 16.7. The largest absolute Gasteiger partial charge is 0.487 e. The number of carboxylic acids is 1. The Morgan fingerprint density at radius 2 is 2.25 bits per heavy atom. The average Bonchev–Trinajstić information content (AvgIpc) is 2.38. The van der Waals surface area contributed by atoms with Crippen LogP contribution in [0.4, 0.5) is 0 Å². The lowest BCUT2D eigenvalue weighted by Crippen LogP contribution is -2.25. The van der Waals surface area contributed by atoms with E-state index < -0.39 is 5.97 Å². The van der Waals surface area contributed by atoms with Crippen LogP contribution in [-0.4, -0.2) is 16.7 Å². The van der Waals surface area contributed by atoms with Gasteiger partial charge in [0.2, 0.25) is 0 Å².